The number of halogens is 3. The first-order valence-corrected chi connectivity index (χ1v) is 13.8. The molecule has 0 aliphatic carbocycles. The number of hydrogen-bond acceptors (Lipinski definition) is 4. The lowest BCUT2D eigenvalue weighted by molar-refractivity contribution is -0.137. The van der Waals surface area contributed by atoms with E-state index in [0.717, 1.165) is 44.7 Å². The molecule has 6 aromatic rings. The summed E-state index contributed by atoms with van der Waals surface area (Å²) in [5.74, 6) is -0.247. The summed E-state index contributed by atoms with van der Waals surface area (Å²) in [6.45, 7) is 3.79. The molecule has 1 N–H and O–H groups in total. The molecule has 0 aliphatic heterocycles. The lowest BCUT2D eigenvalue weighted by Gasteiger charge is -2.12. The van der Waals surface area contributed by atoms with Gasteiger partial charge in [-0.05, 0) is 55.8 Å². The van der Waals surface area contributed by atoms with E-state index in [1.165, 1.54) is 18.3 Å². The van der Waals surface area contributed by atoms with E-state index in [1.807, 2.05) is 66.9 Å². The normalized spacial score (nSPS) is 11.9. The van der Waals surface area contributed by atoms with Crippen LogP contribution in [-0.4, -0.2) is 26.3 Å². The highest BCUT2D eigenvalue weighted by atomic mass is 19.4. The van der Waals surface area contributed by atoms with Gasteiger partial charge in [-0.25, -0.2) is 4.98 Å². The molecule has 2 aromatic heterocycles. The molecule has 1 amide bonds. The fourth-order valence-electron chi connectivity index (χ4n) is 5.24. The van der Waals surface area contributed by atoms with Gasteiger partial charge in [0.15, 0.2) is 5.82 Å². The van der Waals surface area contributed by atoms with Crippen LogP contribution in [0.25, 0.3) is 33.2 Å². The van der Waals surface area contributed by atoms with Crippen molar-refractivity contribution in [1.29, 1.82) is 0 Å². The number of fused-ring (bicyclic) bond motifs is 2. The summed E-state index contributed by atoms with van der Waals surface area (Å²) < 4.78 is 43.6. The van der Waals surface area contributed by atoms with Crippen LogP contribution in [0.1, 0.15) is 22.4 Å². The average Bonchev–Trinajstić information content (AvgIpc) is 3.27. The van der Waals surface area contributed by atoms with E-state index < -0.39 is 17.3 Å². The second kappa shape index (κ2) is 11.3. The fraction of sp³-hybridized carbons (Fsp3) is 0.118. The van der Waals surface area contributed by atoms with Crippen LogP contribution in [0.4, 0.5) is 18.9 Å². The SMILES string of the molecule is Cc1ccccc1NC(=O)Cn1c(C)c(C=Nn2c(-c3cccc(C(F)(F)F)c3)nc3ccccc3c2=O)c2ccccc21. The topological polar surface area (TPSA) is 81.3 Å². The van der Waals surface area contributed by atoms with E-state index in [0.29, 0.717) is 11.1 Å². The number of carbonyl (C=O) groups is 1. The summed E-state index contributed by atoms with van der Waals surface area (Å²) in [4.78, 5) is 31.3. The number of aryl methyl sites for hydroxylation is 1. The number of para-hydroxylation sites is 3. The van der Waals surface area contributed by atoms with Gasteiger partial charge in [-0.3, -0.25) is 9.59 Å². The second-order valence-corrected chi connectivity index (χ2v) is 10.4. The van der Waals surface area contributed by atoms with Crippen molar-refractivity contribution in [1.82, 2.24) is 14.2 Å². The number of nitrogens with one attached hydrogen (secondary N) is 1. The highest BCUT2D eigenvalue weighted by Crippen LogP contribution is 2.32. The minimum atomic E-state index is -4.58. The summed E-state index contributed by atoms with van der Waals surface area (Å²) in [5, 5.41) is 8.52. The molecule has 6 rings (SSSR count). The third kappa shape index (κ3) is 5.37. The van der Waals surface area contributed by atoms with E-state index in [-0.39, 0.29) is 29.2 Å². The first-order valence-electron chi connectivity index (χ1n) is 13.8. The largest absolute Gasteiger partial charge is 0.416 e. The average molecular weight is 594 g/mol. The number of hydrogen-bond donors (Lipinski definition) is 1. The Morgan fingerprint density at radius 1 is 0.909 bits per heavy atom. The number of rotatable bonds is 6. The Morgan fingerprint density at radius 2 is 1.61 bits per heavy atom. The van der Waals surface area contributed by atoms with Gasteiger partial charge in [-0.1, -0.05) is 60.7 Å². The van der Waals surface area contributed by atoms with Crippen LogP contribution in [0.2, 0.25) is 0 Å². The lowest BCUT2D eigenvalue weighted by atomic mass is 10.1. The molecule has 44 heavy (non-hydrogen) atoms. The van der Waals surface area contributed by atoms with Gasteiger partial charge < -0.3 is 9.88 Å². The predicted octanol–water partition coefficient (Wildman–Crippen LogP) is 7.17. The monoisotopic (exact) mass is 593 g/mol. The van der Waals surface area contributed by atoms with Crippen LogP contribution in [-0.2, 0) is 17.5 Å². The fourth-order valence-corrected chi connectivity index (χ4v) is 5.24. The van der Waals surface area contributed by atoms with Gasteiger partial charge in [-0.15, -0.1) is 0 Å². The van der Waals surface area contributed by atoms with E-state index in [9.17, 15) is 22.8 Å². The third-order valence-electron chi connectivity index (χ3n) is 7.50. The molecule has 0 radical (unpaired) electrons. The Bertz CT molecular complexity index is 2140. The first kappa shape index (κ1) is 28.6. The summed E-state index contributed by atoms with van der Waals surface area (Å²) in [6, 6.07) is 26.2. The molecule has 4 aromatic carbocycles. The summed E-state index contributed by atoms with van der Waals surface area (Å²) in [7, 11) is 0. The van der Waals surface area contributed by atoms with Crippen LogP contribution in [0.3, 0.4) is 0 Å². The maximum absolute atomic E-state index is 13.7. The maximum Gasteiger partial charge on any atom is 0.416 e. The van der Waals surface area contributed by atoms with Crippen molar-refractivity contribution in [3.05, 3.63) is 130 Å². The van der Waals surface area contributed by atoms with Gasteiger partial charge in [0, 0.05) is 33.4 Å². The molecule has 2 heterocycles. The number of carbonyl (C=O) groups excluding carboxylic acids is 1. The van der Waals surface area contributed by atoms with Crippen molar-refractivity contribution < 1.29 is 18.0 Å². The van der Waals surface area contributed by atoms with Gasteiger partial charge in [-0.2, -0.15) is 22.9 Å². The number of amides is 1. The van der Waals surface area contributed by atoms with Crippen molar-refractivity contribution in [2.75, 3.05) is 5.32 Å². The molecule has 0 saturated heterocycles. The Labute approximate surface area is 249 Å². The van der Waals surface area contributed by atoms with Crippen LogP contribution >= 0.6 is 0 Å². The molecule has 0 saturated carbocycles. The highest BCUT2D eigenvalue weighted by molar-refractivity contribution is 6.02. The minimum absolute atomic E-state index is 0.0292. The third-order valence-corrected chi connectivity index (χ3v) is 7.50. The van der Waals surface area contributed by atoms with Crippen molar-refractivity contribution in [3.8, 4) is 11.4 Å². The Morgan fingerprint density at radius 3 is 2.39 bits per heavy atom. The zero-order valence-electron chi connectivity index (χ0n) is 23.8. The first-order chi connectivity index (χ1) is 21.1. The van der Waals surface area contributed by atoms with Crippen molar-refractivity contribution in [2.24, 2.45) is 5.10 Å². The quantitative estimate of drug-likeness (QED) is 0.208. The van der Waals surface area contributed by atoms with E-state index in [4.69, 9.17) is 0 Å². The molecule has 7 nitrogen and oxygen atoms in total. The molecule has 0 atom stereocenters. The number of anilines is 1. The van der Waals surface area contributed by atoms with Crippen molar-refractivity contribution >= 4 is 39.6 Å². The highest BCUT2D eigenvalue weighted by Gasteiger charge is 2.31. The minimum Gasteiger partial charge on any atom is -0.335 e. The van der Waals surface area contributed by atoms with Gasteiger partial charge in [0.25, 0.3) is 5.56 Å². The lowest BCUT2D eigenvalue weighted by Crippen LogP contribution is -2.21. The molecule has 0 unspecified atom stereocenters. The van der Waals surface area contributed by atoms with Crippen LogP contribution in [0.5, 0.6) is 0 Å². The zero-order valence-corrected chi connectivity index (χ0v) is 23.8. The van der Waals surface area contributed by atoms with Crippen molar-refractivity contribution in [2.45, 2.75) is 26.6 Å². The van der Waals surface area contributed by atoms with Gasteiger partial charge in [0.1, 0.15) is 6.54 Å². The number of alkyl halides is 3. The summed E-state index contributed by atoms with van der Waals surface area (Å²) in [6.07, 6.45) is -3.09. The molecule has 0 spiro atoms. The molecular formula is C34H26F3N5O2. The Balaban J connectivity index is 1.46. The molecular weight excluding hydrogens is 567 g/mol. The van der Waals surface area contributed by atoms with E-state index in [1.54, 1.807) is 24.3 Å². The van der Waals surface area contributed by atoms with Crippen molar-refractivity contribution in [3.63, 3.8) is 0 Å². The number of aromatic nitrogens is 3. The standard InChI is InChI=1S/C34H26F3N5O2/c1-21-10-3-6-15-28(21)39-31(43)20-41-22(2)27(25-13-5-8-17-30(25)41)19-38-42-32(23-11-9-12-24(18-23)34(35,36)37)40-29-16-7-4-14-26(29)33(42)44/h3-19H,20H2,1-2H3,(H,39,43). The second-order valence-electron chi connectivity index (χ2n) is 10.4. The molecule has 0 aliphatic rings. The maximum atomic E-state index is 13.7. The zero-order chi connectivity index (χ0) is 31.0. The smallest absolute Gasteiger partial charge is 0.335 e. The number of nitrogens with zero attached hydrogens (tertiary/aromatic N) is 4. The van der Waals surface area contributed by atoms with Crippen LogP contribution in [0.15, 0.2) is 107 Å². The predicted molar refractivity (Wildman–Crippen MR) is 166 cm³/mol. The molecule has 10 heteroatoms. The van der Waals surface area contributed by atoms with Gasteiger partial charge >= 0.3 is 6.18 Å². The van der Waals surface area contributed by atoms with Gasteiger partial charge in [0.05, 0.1) is 22.7 Å². The molecule has 0 fully saturated rings. The summed E-state index contributed by atoms with van der Waals surface area (Å²) >= 11 is 0. The Kier molecular flexibility index (Phi) is 7.34. The van der Waals surface area contributed by atoms with Crippen LogP contribution < -0.4 is 10.9 Å². The summed E-state index contributed by atoms with van der Waals surface area (Å²) in [5.41, 5.74) is 2.85. The molecule has 0 bridgehead atoms. The Hall–Kier alpha value is -5.51. The van der Waals surface area contributed by atoms with E-state index >= 15 is 0 Å². The van der Waals surface area contributed by atoms with E-state index in [2.05, 4.69) is 15.4 Å². The molecule has 220 valence electrons. The van der Waals surface area contributed by atoms with Crippen LogP contribution in [0, 0.1) is 13.8 Å². The number of benzene rings is 4. The van der Waals surface area contributed by atoms with Gasteiger partial charge in [0.2, 0.25) is 5.91 Å².